The summed E-state index contributed by atoms with van der Waals surface area (Å²) >= 11 is 1.47. The van der Waals surface area contributed by atoms with Crippen molar-refractivity contribution < 1.29 is 10.0 Å². The van der Waals surface area contributed by atoms with Gasteiger partial charge in [-0.1, -0.05) is 0 Å². The van der Waals surface area contributed by atoms with Gasteiger partial charge in [0.25, 0.3) is 5.69 Å². The van der Waals surface area contributed by atoms with Gasteiger partial charge < -0.3 is 10.4 Å². The maximum Gasteiger partial charge on any atom is 0.296 e. The van der Waals surface area contributed by atoms with E-state index in [4.69, 9.17) is 0 Å². The van der Waals surface area contributed by atoms with Crippen LogP contribution >= 0.6 is 11.3 Å². The van der Waals surface area contributed by atoms with Gasteiger partial charge in [0.1, 0.15) is 11.4 Å². The van der Waals surface area contributed by atoms with E-state index in [2.05, 4.69) is 10.3 Å². The zero-order valence-corrected chi connectivity index (χ0v) is 10.3. The summed E-state index contributed by atoms with van der Waals surface area (Å²) in [6.07, 6.45) is 1.72. The summed E-state index contributed by atoms with van der Waals surface area (Å²) in [4.78, 5) is 15.3. The Kier molecular flexibility index (Phi) is 3.42. The number of hydrogen-bond acceptors (Lipinski definition) is 6. The van der Waals surface area contributed by atoms with Gasteiger partial charge in [-0.05, 0) is 19.1 Å². The van der Waals surface area contributed by atoms with Gasteiger partial charge in [-0.15, -0.1) is 11.3 Å². The van der Waals surface area contributed by atoms with Crippen LogP contribution in [0.25, 0.3) is 0 Å². The first-order valence-corrected chi connectivity index (χ1v) is 6.08. The van der Waals surface area contributed by atoms with Crippen LogP contribution in [0, 0.1) is 10.1 Å². The Hall–Kier alpha value is -2.15. The molecule has 0 saturated heterocycles. The Morgan fingerprint density at radius 3 is 2.94 bits per heavy atom. The van der Waals surface area contributed by atoms with E-state index in [1.54, 1.807) is 11.7 Å². The molecule has 0 aliphatic carbocycles. The molecule has 2 rings (SSSR count). The molecule has 1 atom stereocenters. The number of hydrogen-bond donors (Lipinski definition) is 2. The number of thiazole rings is 1. The lowest BCUT2D eigenvalue weighted by molar-refractivity contribution is -0.384. The van der Waals surface area contributed by atoms with E-state index < -0.39 is 4.92 Å². The van der Waals surface area contributed by atoms with Crippen molar-refractivity contribution in [1.29, 1.82) is 0 Å². The molecule has 2 N–H and O–H groups in total. The minimum atomic E-state index is -0.526. The highest BCUT2D eigenvalue weighted by Gasteiger charge is 2.17. The number of nitro groups is 1. The summed E-state index contributed by atoms with van der Waals surface area (Å²) in [7, 11) is 0. The standard InChI is InChI=1S/C11H11N3O3S/c1-7(11-5-12-6-18-11)13-9-3-2-8(15)4-10(9)14(16)17/h2-7,13,15H,1H3. The number of aromatic nitrogens is 1. The Bertz CT molecular complexity index is 557. The number of phenols is 1. The fourth-order valence-electron chi connectivity index (χ4n) is 1.54. The number of rotatable bonds is 4. The second-order valence-corrected chi connectivity index (χ2v) is 4.65. The summed E-state index contributed by atoms with van der Waals surface area (Å²) in [6, 6.07) is 3.95. The number of nitrogens with zero attached hydrogens (tertiary/aromatic N) is 2. The molecule has 1 aromatic heterocycles. The van der Waals surface area contributed by atoms with Crippen molar-refractivity contribution >= 4 is 22.7 Å². The predicted molar refractivity (Wildman–Crippen MR) is 68.9 cm³/mol. The van der Waals surface area contributed by atoms with Gasteiger partial charge in [0, 0.05) is 11.1 Å². The molecule has 0 fully saturated rings. The van der Waals surface area contributed by atoms with E-state index in [1.807, 2.05) is 6.92 Å². The third-order valence-electron chi connectivity index (χ3n) is 2.43. The smallest absolute Gasteiger partial charge is 0.296 e. The van der Waals surface area contributed by atoms with Gasteiger partial charge in [0.05, 0.1) is 22.5 Å². The summed E-state index contributed by atoms with van der Waals surface area (Å²) in [5.41, 5.74) is 1.93. The largest absolute Gasteiger partial charge is 0.508 e. The van der Waals surface area contributed by atoms with Crippen molar-refractivity contribution in [2.75, 3.05) is 5.32 Å². The van der Waals surface area contributed by atoms with Crippen LogP contribution in [0.3, 0.4) is 0 Å². The molecule has 18 heavy (non-hydrogen) atoms. The monoisotopic (exact) mass is 265 g/mol. The number of benzene rings is 1. The Balaban J connectivity index is 2.26. The average molecular weight is 265 g/mol. The minimum absolute atomic E-state index is 0.0826. The number of nitrogens with one attached hydrogen (secondary N) is 1. The first-order valence-electron chi connectivity index (χ1n) is 5.20. The molecule has 0 aliphatic heterocycles. The Morgan fingerprint density at radius 2 is 2.33 bits per heavy atom. The van der Waals surface area contributed by atoms with Crippen LogP contribution in [0.5, 0.6) is 5.75 Å². The highest BCUT2D eigenvalue weighted by Crippen LogP contribution is 2.31. The van der Waals surface area contributed by atoms with Gasteiger partial charge in [0.2, 0.25) is 0 Å². The van der Waals surface area contributed by atoms with Crippen LogP contribution < -0.4 is 5.32 Å². The highest BCUT2D eigenvalue weighted by atomic mass is 32.1. The van der Waals surface area contributed by atoms with Crippen LogP contribution in [0.15, 0.2) is 29.9 Å². The van der Waals surface area contributed by atoms with Gasteiger partial charge in [-0.25, -0.2) is 0 Å². The number of aromatic hydroxyl groups is 1. The molecule has 1 aromatic carbocycles. The molecule has 0 aliphatic rings. The third kappa shape index (κ3) is 2.57. The number of nitro benzene ring substituents is 1. The molecular weight excluding hydrogens is 254 g/mol. The van der Waals surface area contributed by atoms with Gasteiger partial charge in [-0.2, -0.15) is 0 Å². The molecule has 1 heterocycles. The van der Waals surface area contributed by atoms with Gasteiger partial charge >= 0.3 is 0 Å². The normalized spacial score (nSPS) is 12.1. The fraction of sp³-hybridized carbons (Fsp3) is 0.182. The second-order valence-electron chi connectivity index (χ2n) is 3.73. The average Bonchev–Trinajstić information content (AvgIpc) is 2.84. The lowest BCUT2D eigenvalue weighted by Gasteiger charge is -2.13. The minimum Gasteiger partial charge on any atom is -0.508 e. The van der Waals surface area contributed by atoms with Crippen molar-refractivity contribution in [1.82, 2.24) is 4.98 Å². The second kappa shape index (κ2) is 5.01. The molecule has 0 bridgehead atoms. The first-order chi connectivity index (χ1) is 8.58. The van der Waals surface area contributed by atoms with E-state index in [0.29, 0.717) is 5.69 Å². The van der Waals surface area contributed by atoms with E-state index in [1.165, 1.54) is 23.5 Å². The highest BCUT2D eigenvalue weighted by molar-refractivity contribution is 7.09. The van der Waals surface area contributed by atoms with Crippen LogP contribution in [0.1, 0.15) is 17.8 Å². The molecule has 0 spiro atoms. The van der Waals surface area contributed by atoms with Crippen molar-refractivity contribution in [3.05, 3.63) is 44.9 Å². The van der Waals surface area contributed by atoms with E-state index in [0.717, 1.165) is 10.9 Å². The molecule has 0 amide bonds. The lowest BCUT2D eigenvalue weighted by atomic mass is 10.2. The Morgan fingerprint density at radius 1 is 1.56 bits per heavy atom. The molecule has 2 aromatic rings. The zero-order chi connectivity index (χ0) is 13.1. The summed E-state index contributed by atoms with van der Waals surface area (Å²) in [5.74, 6) is -0.127. The molecular formula is C11H11N3O3S. The summed E-state index contributed by atoms with van der Waals surface area (Å²) < 4.78 is 0. The van der Waals surface area contributed by atoms with Crippen LogP contribution in [-0.4, -0.2) is 15.0 Å². The van der Waals surface area contributed by atoms with Crippen molar-refractivity contribution in [2.45, 2.75) is 13.0 Å². The Labute approximate surface area is 107 Å². The van der Waals surface area contributed by atoms with Crippen molar-refractivity contribution in [3.63, 3.8) is 0 Å². The maximum absolute atomic E-state index is 10.9. The third-order valence-corrected chi connectivity index (χ3v) is 3.39. The quantitative estimate of drug-likeness (QED) is 0.504. The van der Waals surface area contributed by atoms with Crippen LogP contribution in [0.2, 0.25) is 0 Å². The SMILES string of the molecule is CC(Nc1ccc(O)cc1[N+](=O)[O-])c1cncs1. The number of phenolic OH excluding ortho intramolecular Hbond substituents is 1. The molecule has 94 valence electrons. The van der Waals surface area contributed by atoms with Gasteiger partial charge in [-0.3, -0.25) is 15.1 Å². The topological polar surface area (TPSA) is 88.3 Å². The fourth-order valence-corrected chi connectivity index (χ4v) is 2.17. The summed E-state index contributed by atoms with van der Waals surface area (Å²) in [6.45, 7) is 1.89. The van der Waals surface area contributed by atoms with E-state index >= 15 is 0 Å². The van der Waals surface area contributed by atoms with Crippen LogP contribution in [0.4, 0.5) is 11.4 Å². The molecule has 0 radical (unpaired) electrons. The predicted octanol–water partition coefficient (Wildman–Crippen LogP) is 2.93. The molecule has 6 nitrogen and oxygen atoms in total. The maximum atomic E-state index is 10.9. The van der Waals surface area contributed by atoms with Crippen LogP contribution in [-0.2, 0) is 0 Å². The van der Waals surface area contributed by atoms with Crippen molar-refractivity contribution in [2.24, 2.45) is 0 Å². The first kappa shape index (κ1) is 12.3. The zero-order valence-electron chi connectivity index (χ0n) is 9.53. The molecule has 7 heteroatoms. The summed E-state index contributed by atoms with van der Waals surface area (Å²) in [5, 5.41) is 23.2. The van der Waals surface area contributed by atoms with E-state index in [9.17, 15) is 15.2 Å². The molecule has 1 unspecified atom stereocenters. The van der Waals surface area contributed by atoms with Gasteiger partial charge in [0.15, 0.2) is 0 Å². The molecule has 0 saturated carbocycles. The van der Waals surface area contributed by atoms with E-state index in [-0.39, 0.29) is 17.5 Å². The lowest BCUT2D eigenvalue weighted by Crippen LogP contribution is -2.06. The number of anilines is 1. The van der Waals surface area contributed by atoms with Crippen molar-refractivity contribution in [3.8, 4) is 5.75 Å².